The molecule has 0 aromatic carbocycles. The standard InChI is InChI=1S/C18H31N3/c1-3-6-15-9-11-16(12-10-15)20-18-19-14(2)13-21(18)17-7-4-5-8-17/h13,15-17H,3-12H2,1-2H3,(H,19,20). The average molecular weight is 289 g/mol. The van der Waals surface area contributed by atoms with Gasteiger partial charge in [0.25, 0.3) is 0 Å². The van der Waals surface area contributed by atoms with E-state index >= 15 is 0 Å². The summed E-state index contributed by atoms with van der Waals surface area (Å²) < 4.78 is 2.43. The number of rotatable bonds is 5. The smallest absolute Gasteiger partial charge is 0.203 e. The minimum absolute atomic E-state index is 0.639. The van der Waals surface area contributed by atoms with Gasteiger partial charge in [0.15, 0.2) is 0 Å². The summed E-state index contributed by atoms with van der Waals surface area (Å²) in [5, 5.41) is 3.76. The summed E-state index contributed by atoms with van der Waals surface area (Å²) in [6.45, 7) is 4.43. The fourth-order valence-electron chi connectivity index (χ4n) is 4.27. The van der Waals surface area contributed by atoms with Gasteiger partial charge in [0.05, 0.1) is 5.69 Å². The number of aromatic nitrogens is 2. The van der Waals surface area contributed by atoms with Gasteiger partial charge in [-0.25, -0.2) is 4.98 Å². The van der Waals surface area contributed by atoms with Crippen LogP contribution in [-0.4, -0.2) is 15.6 Å². The highest BCUT2D eigenvalue weighted by Gasteiger charge is 2.24. The van der Waals surface area contributed by atoms with E-state index in [1.54, 1.807) is 0 Å². The number of aryl methyl sites for hydroxylation is 1. The number of nitrogens with zero attached hydrogens (tertiary/aromatic N) is 2. The zero-order valence-corrected chi connectivity index (χ0v) is 13.8. The lowest BCUT2D eigenvalue weighted by Gasteiger charge is -2.30. The van der Waals surface area contributed by atoms with Crippen LogP contribution < -0.4 is 5.32 Å². The number of nitrogens with one attached hydrogen (secondary N) is 1. The first-order chi connectivity index (χ1) is 10.3. The van der Waals surface area contributed by atoms with E-state index in [1.807, 2.05) is 0 Å². The molecule has 0 atom stereocenters. The summed E-state index contributed by atoms with van der Waals surface area (Å²) in [6, 6.07) is 1.32. The van der Waals surface area contributed by atoms with Gasteiger partial charge in [-0.3, -0.25) is 0 Å². The fourth-order valence-corrected chi connectivity index (χ4v) is 4.27. The van der Waals surface area contributed by atoms with E-state index in [2.05, 4.69) is 29.9 Å². The van der Waals surface area contributed by atoms with Gasteiger partial charge < -0.3 is 9.88 Å². The molecule has 0 radical (unpaired) electrons. The molecule has 1 aromatic rings. The molecule has 21 heavy (non-hydrogen) atoms. The molecule has 2 aliphatic carbocycles. The van der Waals surface area contributed by atoms with E-state index < -0.39 is 0 Å². The molecule has 3 nitrogen and oxygen atoms in total. The summed E-state index contributed by atoms with van der Waals surface area (Å²) >= 11 is 0. The van der Waals surface area contributed by atoms with E-state index in [0.29, 0.717) is 12.1 Å². The minimum Gasteiger partial charge on any atom is -0.353 e. The molecule has 3 rings (SSSR count). The molecule has 0 spiro atoms. The maximum Gasteiger partial charge on any atom is 0.203 e. The van der Waals surface area contributed by atoms with Gasteiger partial charge >= 0.3 is 0 Å². The van der Waals surface area contributed by atoms with Crippen molar-refractivity contribution in [3.8, 4) is 0 Å². The monoisotopic (exact) mass is 289 g/mol. The van der Waals surface area contributed by atoms with Crippen LogP contribution >= 0.6 is 0 Å². The molecular formula is C18H31N3. The zero-order chi connectivity index (χ0) is 14.7. The zero-order valence-electron chi connectivity index (χ0n) is 13.8. The van der Waals surface area contributed by atoms with Crippen molar-refractivity contribution in [2.24, 2.45) is 5.92 Å². The number of imidazole rings is 1. The molecule has 0 bridgehead atoms. The van der Waals surface area contributed by atoms with Crippen LogP contribution in [0.4, 0.5) is 5.95 Å². The van der Waals surface area contributed by atoms with Crippen molar-refractivity contribution in [3.63, 3.8) is 0 Å². The second kappa shape index (κ2) is 6.85. The highest BCUT2D eigenvalue weighted by Crippen LogP contribution is 2.34. The van der Waals surface area contributed by atoms with Crippen molar-refractivity contribution in [2.75, 3.05) is 5.32 Å². The van der Waals surface area contributed by atoms with Crippen LogP contribution in [0.15, 0.2) is 6.20 Å². The molecule has 1 heterocycles. The van der Waals surface area contributed by atoms with E-state index in [1.165, 1.54) is 64.2 Å². The predicted molar refractivity (Wildman–Crippen MR) is 88.7 cm³/mol. The van der Waals surface area contributed by atoms with Gasteiger partial charge in [-0.1, -0.05) is 32.6 Å². The van der Waals surface area contributed by atoms with Gasteiger partial charge in [0.1, 0.15) is 0 Å². The second-order valence-corrected chi connectivity index (χ2v) is 7.20. The molecule has 2 saturated carbocycles. The lowest BCUT2D eigenvalue weighted by Crippen LogP contribution is -2.28. The molecular weight excluding hydrogens is 258 g/mol. The molecule has 1 N–H and O–H groups in total. The largest absolute Gasteiger partial charge is 0.353 e. The summed E-state index contributed by atoms with van der Waals surface area (Å²) in [7, 11) is 0. The Morgan fingerprint density at radius 1 is 1.14 bits per heavy atom. The van der Waals surface area contributed by atoms with E-state index in [9.17, 15) is 0 Å². The summed E-state index contributed by atoms with van der Waals surface area (Å²) in [6.07, 6.45) is 15.9. The minimum atomic E-state index is 0.639. The summed E-state index contributed by atoms with van der Waals surface area (Å²) in [5.74, 6) is 2.11. The number of hydrogen-bond donors (Lipinski definition) is 1. The van der Waals surface area contributed by atoms with Crippen LogP contribution in [-0.2, 0) is 0 Å². The molecule has 0 saturated heterocycles. The Labute approximate surface area is 129 Å². The van der Waals surface area contributed by atoms with Crippen LogP contribution in [0.25, 0.3) is 0 Å². The molecule has 2 fully saturated rings. The van der Waals surface area contributed by atoms with E-state index in [-0.39, 0.29) is 0 Å². The first-order valence-electron chi connectivity index (χ1n) is 9.08. The summed E-state index contributed by atoms with van der Waals surface area (Å²) in [5.41, 5.74) is 1.16. The molecule has 2 aliphatic rings. The number of hydrogen-bond acceptors (Lipinski definition) is 2. The lowest BCUT2D eigenvalue weighted by molar-refractivity contribution is 0.317. The van der Waals surface area contributed by atoms with Crippen molar-refractivity contribution >= 4 is 5.95 Å². The molecule has 0 unspecified atom stereocenters. The van der Waals surface area contributed by atoms with E-state index in [0.717, 1.165) is 17.6 Å². The quantitative estimate of drug-likeness (QED) is 0.819. The van der Waals surface area contributed by atoms with Gasteiger partial charge in [-0.05, 0) is 51.4 Å². The molecule has 0 amide bonds. The SMILES string of the molecule is CCCC1CCC(Nc2nc(C)cn2C2CCCC2)CC1. The Balaban J connectivity index is 1.60. The third-order valence-corrected chi connectivity index (χ3v) is 5.45. The summed E-state index contributed by atoms with van der Waals surface area (Å²) in [4.78, 5) is 4.76. The Kier molecular flexibility index (Phi) is 4.87. The van der Waals surface area contributed by atoms with E-state index in [4.69, 9.17) is 4.98 Å². The fraction of sp³-hybridized carbons (Fsp3) is 0.833. The first-order valence-corrected chi connectivity index (χ1v) is 9.08. The molecule has 0 aliphatic heterocycles. The van der Waals surface area contributed by atoms with Crippen LogP contribution in [0.1, 0.15) is 82.9 Å². The van der Waals surface area contributed by atoms with Crippen molar-refractivity contribution in [3.05, 3.63) is 11.9 Å². The maximum atomic E-state index is 4.76. The Morgan fingerprint density at radius 2 is 1.86 bits per heavy atom. The third kappa shape index (κ3) is 3.61. The Bertz CT molecular complexity index is 437. The third-order valence-electron chi connectivity index (χ3n) is 5.45. The van der Waals surface area contributed by atoms with Crippen LogP contribution in [0, 0.1) is 12.8 Å². The number of anilines is 1. The highest BCUT2D eigenvalue weighted by molar-refractivity contribution is 5.31. The van der Waals surface area contributed by atoms with Crippen molar-refractivity contribution in [1.82, 2.24) is 9.55 Å². The van der Waals surface area contributed by atoms with Crippen molar-refractivity contribution in [1.29, 1.82) is 0 Å². The lowest BCUT2D eigenvalue weighted by atomic mass is 9.83. The van der Waals surface area contributed by atoms with Gasteiger partial charge in [0.2, 0.25) is 5.95 Å². The van der Waals surface area contributed by atoms with Gasteiger partial charge in [-0.15, -0.1) is 0 Å². The van der Waals surface area contributed by atoms with Crippen LogP contribution in [0.5, 0.6) is 0 Å². The first kappa shape index (κ1) is 14.9. The molecule has 3 heteroatoms. The predicted octanol–water partition coefficient (Wildman–Crippen LogP) is 5.08. The average Bonchev–Trinajstić information content (AvgIpc) is 3.11. The molecule has 118 valence electrons. The van der Waals surface area contributed by atoms with Crippen molar-refractivity contribution in [2.45, 2.75) is 90.1 Å². The molecule has 1 aromatic heterocycles. The van der Waals surface area contributed by atoms with Crippen LogP contribution in [0.3, 0.4) is 0 Å². The Hall–Kier alpha value is -0.990. The second-order valence-electron chi connectivity index (χ2n) is 7.20. The Morgan fingerprint density at radius 3 is 2.52 bits per heavy atom. The van der Waals surface area contributed by atoms with Gasteiger partial charge in [0, 0.05) is 18.3 Å². The van der Waals surface area contributed by atoms with Gasteiger partial charge in [-0.2, -0.15) is 0 Å². The maximum absolute atomic E-state index is 4.76. The topological polar surface area (TPSA) is 29.9 Å². The normalized spacial score (nSPS) is 27.1. The van der Waals surface area contributed by atoms with Crippen LogP contribution in [0.2, 0.25) is 0 Å². The highest BCUT2D eigenvalue weighted by atomic mass is 15.2. The van der Waals surface area contributed by atoms with Crippen molar-refractivity contribution < 1.29 is 0 Å².